The van der Waals surface area contributed by atoms with E-state index in [1.54, 1.807) is 0 Å². The Hall–Kier alpha value is 0.650. The van der Waals surface area contributed by atoms with Crippen LogP contribution in [0.4, 0.5) is 0 Å². The van der Waals surface area contributed by atoms with E-state index in [1.165, 1.54) is 4.43 Å². The summed E-state index contributed by atoms with van der Waals surface area (Å²) in [7, 11) is 0. The van der Waals surface area contributed by atoms with Gasteiger partial charge in [-0.3, -0.25) is 0 Å². The van der Waals surface area contributed by atoms with Crippen molar-refractivity contribution >= 4 is 22.6 Å². The first-order valence-electron chi connectivity index (χ1n) is 4.03. The zero-order valence-electron chi connectivity index (χ0n) is 7.10. The van der Waals surface area contributed by atoms with Gasteiger partial charge >= 0.3 is 0 Å². The van der Waals surface area contributed by atoms with Crippen LogP contribution < -0.4 is 0 Å². The van der Waals surface area contributed by atoms with Crippen molar-refractivity contribution in [1.82, 2.24) is 0 Å². The molecule has 66 valence electrons. The molecule has 1 unspecified atom stereocenters. The minimum Gasteiger partial charge on any atom is -0.348 e. The van der Waals surface area contributed by atoms with Crippen molar-refractivity contribution in [2.75, 3.05) is 17.6 Å². The molecule has 1 atom stereocenters. The summed E-state index contributed by atoms with van der Waals surface area (Å²) in [5.41, 5.74) is 0. The topological polar surface area (TPSA) is 18.5 Å². The number of ether oxygens (including phenoxy) is 2. The molecule has 1 heterocycles. The van der Waals surface area contributed by atoms with Crippen LogP contribution in [0.2, 0.25) is 0 Å². The summed E-state index contributed by atoms with van der Waals surface area (Å²) in [6.07, 6.45) is 1.16. The zero-order chi connectivity index (χ0) is 8.32. The van der Waals surface area contributed by atoms with E-state index in [0.717, 1.165) is 19.6 Å². The van der Waals surface area contributed by atoms with E-state index < -0.39 is 0 Å². The molecular weight excluding hydrogens is 255 g/mol. The van der Waals surface area contributed by atoms with Gasteiger partial charge in [-0.15, -0.1) is 0 Å². The Kier molecular flexibility index (Phi) is 3.58. The molecule has 1 aliphatic heterocycles. The average Bonchev–Trinajstić information content (AvgIpc) is 2.38. The van der Waals surface area contributed by atoms with Gasteiger partial charge < -0.3 is 9.47 Å². The number of halogens is 1. The van der Waals surface area contributed by atoms with Crippen LogP contribution in [0.1, 0.15) is 20.3 Å². The quantitative estimate of drug-likeness (QED) is 0.578. The van der Waals surface area contributed by atoms with E-state index >= 15 is 0 Å². The van der Waals surface area contributed by atoms with Gasteiger partial charge in [0.05, 0.1) is 13.2 Å². The van der Waals surface area contributed by atoms with Gasteiger partial charge in [0, 0.05) is 5.92 Å². The van der Waals surface area contributed by atoms with Gasteiger partial charge in [0.15, 0.2) is 5.79 Å². The second kappa shape index (κ2) is 4.05. The standard InChI is InChI=1S/C8H15IO2/c1-7(3-4-9)8(2)10-5-6-11-8/h7H,3-6H2,1-2H3. The number of hydrogen-bond acceptors (Lipinski definition) is 2. The van der Waals surface area contributed by atoms with Gasteiger partial charge in [0.2, 0.25) is 0 Å². The average molecular weight is 270 g/mol. The maximum Gasteiger partial charge on any atom is 0.168 e. The fraction of sp³-hybridized carbons (Fsp3) is 1.00. The van der Waals surface area contributed by atoms with E-state index in [1.807, 2.05) is 6.92 Å². The molecule has 1 saturated heterocycles. The maximum absolute atomic E-state index is 5.53. The lowest BCUT2D eigenvalue weighted by molar-refractivity contribution is -0.177. The van der Waals surface area contributed by atoms with Gasteiger partial charge in [0.1, 0.15) is 0 Å². The first-order valence-corrected chi connectivity index (χ1v) is 5.55. The molecule has 0 aliphatic carbocycles. The maximum atomic E-state index is 5.53. The Bertz CT molecular complexity index is 121. The molecule has 0 N–H and O–H groups in total. The molecule has 1 fully saturated rings. The van der Waals surface area contributed by atoms with E-state index in [0.29, 0.717) is 5.92 Å². The molecule has 11 heavy (non-hydrogen) atoms. The lowest BCUT2D eigenvalue weighted by Crippen LogP contribution is -2.34. The molecule has 0 aromatic carbocycles. The summed E-state index contributed by atoms with van der Waals surface area (Å²) in [6.45, 7) is 5.73. The molecule has 0 bridgehead atoms. The van der Waals surface area contributed by atoms with E-state index in [9.17, 15) is 0 Å². The predicted octanol–water partition coefficient (Wildman–Crippen LogP) is 2.21. The molecule has 2 nitrogen and oxygen atoms in total. The molecule has 0 aromatic heterocycles. The van der Waals surface area contributed by atoms with Crippen LogP contribution in [0.5, 0.6) is 0 Å². The Morgan fingerprint density at radius 1 is 1.45 bits per heavy atom. The number of rotatable bonds is 3. The summed E-state index contributed by atoms with van der Waals surface area (Å²) in [5, 5.41) is 0. The van der Waals surface area contributed by atoms with E-state index in [2.05, 4.69) is 29.5 Å². The molecule has 1 rings (SSSR count). The molecule has 0 amide bonds. The molecule has 1 aliphatic rings. The first-order chi connectivity index (χ1) is 5.19. The van der Waals surface area contributed by atoms with E-state index in [4.69, 9.17) is 9.47 Å². The summed E-state index contributed by atoms with van der Waals surface area (Å²) in [6, 6.07) is 0. The highest BCUT2D eigenvalue weighted by atomic mass is 127. The van der Waals surface area contributed by atoms with Crippen molar-refractivity contribution in [2.24, 2.45) is 5.92 Å². The smallest absolute Gasteiger partial charge is 0.168 e. The molecule has 0 spiro atoms. The molecular formula is C8H15IO2. The molecule has 3 heteroatoms. The minimum absolute atomic E-state index is 0.300. The number of hydrogen-bond donors (Lipinski definition) is 0. The first kappa shape index (κ1) is 9.74. The Labute approximate surface area is 81.8 Å². The highest BCUT2D eigenvalue weighted by Crippen LogP contribution is 2.29. The van der Waals surface area contributed by atoms with Crippen LogP contribution in [0, 0.1) is 5.92 Å². The lowest BCUT2D eigenvalue weighted by atomic mass is 10.00. The SMILES string of the molecule is CC(CCI)C1(C)OCCO1. The largest absolute Gasteiger partial charge is 0.348 e. The predicted molar refractivity (Wildman–Crippen MR) is 53.0 cm³/mol. The molecule has 0 aromatic rings. The third-order valence-electron chi connectivity index (χ3n) is 2.30. The van der Waals surface area contributed by atoms with Crippen molar-refractivity contribution in [2.45, 2.75) is 26.1 Å². The Morgan fingerprint density at radius 3 is 2.45 bits per heavy atom. The van der Waals surface area contributed by atoms with Crippen LogP contribution in [-0.4, -0.2) is 23.4 Å². The van der Waals surface area contributed by atoms with Gasteiger partial charge in [-0.05, 0) is 17.8 Å². The second-order valence-electron chi connectivity index (χ2n) is 3.09. The van der Waals surface area contributed by atoms with Crippen LogP contribution in [-0.2, 0) is 9.47 Å². The van der Waals surface area contributed by atoms with Crippen LogP contribution >= 0.6 is 22.6 Å². The number of alkyl halides is 1. The van der Waals surface area contributed by atoms with Gasteiger partial charge in [0.25, 0.3) is 0 Å². The van der Waals surface area contributed by atoms with Gasteiger partial charge in [-0.2, -0.15) is 0 Å². The monoisotopic (exact) mass is 270 g/mol. The molecule has 0 saturated carbocycles. The second-order valence-corrected chi connectivity index (χ2v) is 4.17. The minimum atomic E-state index is -0.300. The molecule has 0 radical (unpaired) electrons. The summed E-state index contributed by atoms with van der Waals surface area (Å²) in [4.78, 5) is 0. The third kappa shape index (κ3) is 2.29. The van der Waals surface area contributed by atoms with Crippen molar-refractivity contribution in [3.63, 3.8) is 0 Å². The summed E-state index contributed by atoms with van der Waals surface area (Å²) < 4.78 is 12.2. The third-order valence-corrected chi connectivity index (χ3v) is 2.92. The van der Waals surface area contributed by atoms with Crippen molar-refractivity contribution < 1.29 is 9.47 Å². The summed E-state index contributed by atoms with van der Waals surface area (Å²) >= 11 is 2.38. The van der Waals surface area contributed by atoms with Crippen molar-refractivity contribution in [3.8, 4) is 0 Å². The normalized spacial score (nSPS) is 25.4. The summed E-state index contributed by atoms with van der Waals surface area (Å²) in [5.74, 6) is 0.201. The highest BCUT2D eigenvalue weighted by molar-refractivity contribution is 14.1. The fourth-order valence-corrected chi connectivity index (χ4v) is 2.17. The van der Waals surface area contributed by atoms with Crippen LogP contribution in [0.3, 0.4) is 0 Å². The van der Waals surface area contributed by atoms with Crippen molar-refractivity contribution in [1.29, 1.82) is 0 Å². The Morgan fingerprint density at radius 2 is 2.00 bits per heavy atom. The van der Waals surface area contributed by atoms with Crippen LogP contribution in [0.25, 0.3) is 0 Å². The Balaban J connectivity index is 2.42. The van der Waals surface area contributed by atoms with E-state index in [-0.39, 0.29) is 5.79 Å². The van der Waals surface area contributed by atoms with Crippen molar-refractivity contribution in [3.05, 3.63) is 0 Å². The van der Waals surface area contributed by atoms with Crippen LogP contribution in [0.15, 0.2) is 0 Å². The van der Waals surface area contributed by atoms with Gasteiger partial charge in [-0.25, -0.2) is 0 Å². The zero-order valence-corrected chi connectivity index (χ0v) is 9.26. The van der Waals surface area contributed by atoms with Gasteiger partial charge in [-0.1, -0.05) is 29.5 Å². The highest BCUT2D eigenvalue weighted by Gasteiger charge is 2.36. The lowest BCUT2D eigenvalue weighted by Gasteiger charge is -2.28. The fourth-order valence-electron chi connectivity index (χ4n) is 1.24.